The van der Waals surface area contributed by atoms with E-state index < -0.39 is 0 Å². The molecule has 0 spiro atoms. The summed E-state index contributed by atoms with van der Waals surface area (Å²) in [7, 11) is 1.52. The molecule has 9 nitrogen and oxygen atoms in total. The van der Waals surface area contributed by atoms with Crippen LogP contribution in [0.4, 0.5) is 17.2 Å². The fraction of sp³-hybridized carbons (Fsp3) is 0.375. The number of piperazine rings is 1. The van der Waals surface area contributed by atoms with Crippen molar-refractivity contribution in [1.29, 1.82) is 0 Å². The molecule has 1 amide bonds. The van der Waals surface area contributed by atoms with Crippen molar-refractivity contribution >= 4 is 45.6 Å². The molecule has 2 aromatic heterocycles. The Labute approximate surface area is 203 Å². The van der Waals surface area contributed by atoms with Crippen LogP contribution in [0.2, 0.25) is 5.02 Å². The number of nitrogens with zero attached hydrogens (tertiary/aromatic N) is 3. The molecule has 0 bridgehead atoms. The van der Waals surface area contributed by atoms with Crippen LogP contribution in [0.1, 0.15) is 19.9 Å². The zero-order valence-corrected chi connectivity index (χ0v) is 20.3. The van der Waals surface area contributed by atoms with Gasteiger partial charge in [-0.2, -0.15) is 0 Å². The molecule has 3 heterocycles. The number of benzene rings is 1. The predicted octanol–water partition coefficient (Wildman–Crippen LogP) is 2.91. The van der Waals surface area contributed by atoms with E-state index in [0.717, 1.165) is 54.3 Å². The highest BCUT2D eigenvalue weighted by molar-refractivity contribution is 6.33. The van der Waals surface area contributed by atoms with Gasteiger partial charge in [0.05, 0.1) is 22.4 Å². The number of anilines is 3. The van der Waals surface area contributed by atoms with Crippen molar-refractivity contribution in [3.05, 3.63) is 51.9 Å². The minimum Gasteiger partial charge on any atom is -0.478 e. The molecule has 0 saturated carbocycles. The summed E-state index contributed by atoms with van der Waals surface area (Å²) in [5.74, 6) is 0.691. The van der Waals surface area contributed by atoms with Crippen LogP contribution >= 0.6 is 11.6 Å². The van der Waals surface area contributed by atoms with Crippen LogP contribution in [0.25, 0.3) is 10.9 Å². The molecule has 1 fully saturated rings. The van der Waals surface area contributed by atoms with Gasteiger partial charge in [0, 0.05) is 56.4 Å². The maximum atomic E-state index is 13.0. The molecule has 1 aromatic carbocycles. The number of carbonyl (C=O) groups is 1. The van der Waals surface area contributed by atoms with Crippen LogP contribution in [0.5, 0.6) is 5.75 Å². The van der Waals surface area contributed by atoms with E-state index in [1.54, 1.807) is 16.8 Å². The molecule has 3 N–H and O–H groups in total. The Morgan fingerprint density at radius 3 is 2.71 bits per heavy atom. The summed E-state index contributed by atoms with van der Waals surface area (Å²) in [5.41, 5.74) is 2.06. The smallest absolute Gasteiger partial charge is 0.293 e. The van der Waals surface area contributed by atoms with Gasteiger partial charge < -0.3 is 30.2 Å². The number of aromatic nitrogens is 2. The maximum Gasteiger partial charge on any atom is 0.293 e. The highest BCUT2D eigenvalue weighted by Gasteiger charge is 2.16. The van der Waals surface area contributed by atoms with Crippen LogP contribution in [-0.4, -0.2) is 55.3 Å². The lowest BCUT2D eigenvalue weighted by Gasteiger charge is -2.28. The van der Waals surface area contributed by atoms with Crippen LogP contribution < -0.4 is 31.1 Å². The van der Waals surface area contributed by atoms with Gasteiger partial charge in [0.25, 0.3) is 11.5 Å². The molecular formula is C24H29ClN6O3. The van der Waals surface area contributed by atoms with Gasteiger partial charge in [-0.25, -0.2) is 4.98 Å². The topological polar surface area (TPSA) is 101 Å². The van der Waals surface area contributed by atoms with Crippen molar-refractivity contribution in [2.45, 2.75) is 19.9 Å². The molecule has 10 heteroatoms. The third-order valence-corrected chi connectivity index (χ3v) is 6.02. The Morgan fingerprint density at radius 2 is 2.00 bits per heavy atom. The first kappa shape index (κ1) is 23.8. The van der Waals surface area contributed by atoms with Crippen LogP contribution in [0, 0.1) is 0 Å². The minimum atomic E-state index is -0.307. The van der Waals surface area contributed by atoms with Crippen LogP contribution in [0.15, 0.2) is 41.3 Å². The van der Waals surface area contributed by atoms with Crippen molar-refractivity contribution in [2.75, 3.05) is 50.1 Å². The van der Waals surface area contributed by atoms with E-state index in [1.807, 2.05) is 38.1 Å². The SMILES string of the molecule is CNC(=O)COc1cc2cc(Nc3cc(N4CCNCC4)ncc3Cl)ccc2n(C(C)C)c1=O. The lowest BCUT2D eigenvalue weighted by Crippen LogP contribution is -2.43. The summed E-state index contributed by atoms with van der Waals surface area (Å²) in [6, 6.07) is 9.27. The summed E-state index contributed by atoms with van der Waals surface area (Å²) < 4.78 is 7.21. The second-order valence-corrected chi connectivity index (χ2v) is 8.80. The first-order valence-electron chi connectivity index (χ1n) is 11.3. The molecule has 0 aliphatic carbocycles. The molecule has 1 saturated heterocycles. The Bertz CT molecular complexity index is 1250. The van der Waals surface area contributed by atoms with E-state index in [9.17, 15) is 9.59 Å². The van der Waals surface area contributed by atoms with Gasteiger partial charge in [0.1, 0.15) is 5.82 Å². The van der Waals surface area contributed by atoms with E-state index in [-0.39, 0.29) is 29.9 Å². The molecule has 34 heavy (non-hydrogen) atoms. The van der Waals surface area contributed by atoms with Gasteiger partial charge in [0.15, 0.2) is 12.4 Å². The summed E-state index contributed by atoms with van der Waals surface area (Å²) in [6.07, 6.45) is 1.66. The molecule has 180 valence electrons. The van der Waals surface area contributed by atoms with Gasteiger partial charge >= 0.3 is 0 Å². The van der Waals surface area contributed by atoms with Crippen molar-refractivity contribution < 1.29 is 9.53 Å². The lowest BCUT2D eigenvalue weighted by atomic mass is 10.1. The number of halogens is 1. The Morgan fingerprint density at radius 1 is 1.24 bits per heavy atom. The third kappa shape index (κ3) is 5.10. The molecule has 1 aliphatic heterocycles. The second kappa shape index (κ2) is 10.3. The lowest BCUT2D eigenvalue weighted by molar-refractivity contribution is -0.122. The maximum absolute atomic E-state index is 13.0. The Balaban J connectivity index is 1.68. The minimum absolute atomic E-state index is 0.0893. The monoisotopic (exact) mass is 484 g/mol. The van der Waals surface area contributed by atoms with Gasteiger partial charge in [-0.1, -0.05) is 11.6 Å². The van der Waals surface area contributed by atoms with Crippen LogP contribution in [0.3, 0.4) is 0 Å². The van der Waals surface area contributed by atoms with Gasteiger partial charge in [-0.15, -0.1) is 0 Å². The highest BCUT2D eigenvalue weighted by atomic mass is 35.5. The first-order valence-corrected chi connectivity index (χ1v) is 11.7. The molecule has 0 unspecified atom stereocenters. The number of hydrogen-bond donors (Lipinski definition) is 3. The number of rotatable bonds is 7. The van der Waals surface area contributed by atoms with E-state index >= 15 is 0 Å². The Kier molecular flexibility index (Phi) is 7.23. The number of fused-ring (bicyclic) bond motifs is 1. The number of hydrogen-bond acceptors (Lipinski definition) is 7. The Hall–Kier alpha value is -3.30. The molecule has 1 aliphatic rings. The summed E-state index contributed by atoms with van der Waals surface area (Å²) in [4.78, 5) is 31.3. The second-order valence-electron chi connectivity index (χ2n) is 8.40. The highest BCUT2D eigenvalue weighted by Crippen LogP contribution is 2.30. The number of pyridine rings is 2. The summed E-state index contributed by atoms with van der Waals surface area (Å²) in [5, 5.41) is 10.5. The number of nitrogens with one attached hydrogen (secondary N) is 3. The van der Waals surface area contributed by atoms with Gasteiger partial charge in [-0.3, -0.25) is 9.59 Å². The first-order chi connectivity index (χ1) is 16.4. The average molecular weight is 485 g/mol. The fourth-order valence-corrected chi connectivity index (χ4v) is 4.13. The fourth-order valence-electron chi connectivity index (χ4n) is 3.98. The summed E-state index contributed by atoms with van der Waals surface area (Å²) in [6.45, 7) is 7.24. The molecular weight excluding hydrogens is 456 g/mol. The predicted molar refractivity (Wildman–Crippen MR) is 136 cm³/mol. The van der Waals surface area contributed by atoms with Crippen molar-refractivity contribution in [3.8, 4) is 5.75 Å². The van der Waals surface area contributed by atoms with E-state index in [4.69, 9.17) is 16.3 Å². The number of ether oxygens (including phenoxy) is 1. The third-order valence-electron chi connectivity index (χ3n) is 5.72. The average Bonchev–Trinajstić information content (AvgIpc) is 2.84. The van der Waals surface area contributed by atoms with Gasteiger partial charge in [0.2, 0.25) is 0 Å². The molecule has 4 rings (SSSR count). The van der Waals surface area contributed by atoms with Crippen molar-refractivity contribution in [1.82, 2.24) is 20.2 Å². The number of amides is 1. The number of likely N-dealkylation sites (N-methyl/N-ethyl adjacent to an activating group) is 1. The molecule has 0 atom stereocenters. The quantitative estimate of drug-likeness (QED) is 0.474. The number of carbonyl (C=O) groups excluding carboxylic acids is 1. The standard InChI is InChI=1S/C24H29ClN6O3/c1-15(2)31-20-5-4-17(10-16(20)11-21(24(31)33)34-14-23(32)26-3)29-19-12-22(28-13-18(19)25)30-8-6-27-7-9-30/h4-5,10-13,15,27H,6-9,14H2,1-3H3,(H,26,32)(H,28,29). The summed E-state index contributed by atoms with van der Waals surface area (Å²) >= 11 is 6.44. The van der Waals surface area contributed by atoms with E-state index in [2.05, 4.69) is 25.8 Å². The normalized spacial score (nSPS) is 13.9. The van der Waals surface area contributed by atoms with Crippen molar-refractivity contribution in [3.63, 3.8) is 0 Å². The van der Waals surface area contributed by atoms with Crippen LogP contribution in [-0.2, 0) is 4.79 Å². The zero-order valence-electron chi connectivity index (χ0n) is 19.5. The van der Waals surface area contributed by atoms with E-state index in [1.165, 1.54) is 7.05 Å². The zero-order chi connectivity index (χ0) is 24.2. The van der Waals surface area contributed by atoms with E-state index in [0.29, 0.717) is 5.02 Å². The molecule has 3 aromatic rings. The van der Waals surface area contributed by atoms with Gasteiger partial charge in [-0.05, 0) is 38.1 Å². The largest absolute Gasteiger partial charge is 0.478 e. The molecule has 0 radical (unpaired) electrons. The van der Waals surface area contributed by atoms with Crippen molar-refractivity contribution in [2.24, 2.45) is 0 Å².